The van der Waals surface area contributed by atoms with Gasteiger partial charge in [0.15, 0.2) is 0 Å². The van der Waals surface area contributed by atoms with Crippen molar-refractivity contribution in [1.82, 2.24) is 4.98 Å². The van der Waals surface area contributed by atoms with Crippen LogP contribution in [-0.2, 0) is 10.9 Å². The van der Waals surface area contributed by atoms with Crippen LogP contribution < -0.4 is 0 Å². The van der Waals surface area contributed by atoms with E-state index in [1.54, 1.807) is 37.3 Å². The molecule has 160 valence electrons. The fourth-order valence-corrected chi connectivity index (χ4v) is 3.66. The molecule has 0 saturated carbocycles. The number of alkyl halides is 3. The van der Waals surface area contributed by atoms with Crippen molar-refractivity contribution in [3.05, 3.63) is 64.3 Å². The third-order valence-corrected chi connectivity index (χ3v) is 4.90. The highest BCUT2D eigenvalue weighted by Crippen LogP contribution is 2.41. The summed E-state index contributed by atoms with van der Waals surface area (Å²) in [5.74, 6) is 0. The van der Waals surface area contributed by atoms with Gasteiger partial charge in [0, 0.05) is 10.4 Å². The van der Waals surface area contributed by atoms with Crippen LogP contribution in [0.1, 0.15) is 43.7 Å². The standard InChI is InChI=1S/C23H23ClF3NO2/c1-13-11-17-16(9-10-19(28-17)23(25,26)27)21(14-5-7-15(24)8-6-14)20(13)18(12-29)30-22(2,3)4/h5-11,18,29H,12H2,1-4H3. The van der Waals surface area contributed by atoms with Crippen molar-refractivity contribution < 1.29 is 23.0 Å². The summed E-state index contributed by atoms with van der Waals surface area (Å²) >= 11 is 6.03. The fourth-order valence-electron chi connectivity index (χ4n) is 3.54. The molecule has 0 amide bonds. The van der Waals surface area contributed by atoms with Crippen molar-refractivity contribution in [1.29, 1.82) is 0 Å². The van der Waals surface area contributed by atoms with Crippen molar-refractivity contribution in [2.45, 2.75) is 45.6 Å². The Bertz CT molecular complexity index is 1060. The van der Waals surface area contributed by atoms with Crippen LogP contribution in [0.25, 0.3) is 22.0 Å². The van der Waals surface area contributed by atoms with E-state index in [4.69, 9.17) is 16.3 Å². The third kappa shape index (κ3) is 4.77. The third-order valence-electron chi connectivity index (χ3n) is 4.65. The largest absolute Gasteiger partial charge is 0.433 e. The Kier molecular flexibility index (Phi) is 6.14. The number of halogens is 4. The molecule has 0 fully saturated rings. The number of hydrogen-bond acceptors (Lipinski definition) is 3. The molecular formula is C23H23ClF3NO2. The summed E-state index contributed by atoms with van der Waals surface area (Å²) in [5, 5.41) is 11.2. The summed E-state index contributed by atoms with van der Waals surface area (Å²) in [6.45, 7) is 7.14. The molecule has 0 aliphatic carbocycles. The summed E-state index contributed by atoms with van der Waals surface area (Å²) in [6.07, 6.45) is -5.20. The molecule has 1 unspecified atom stereocenters. The first-order chi connectivity index (χ1) is 13.9. The summed E-state index contributed by atoms with van der Waals surface area (Å²) in [4.78, 5) is 3.86. The average Bonchev–Trinajstić information content (AvgIpc) is 2.64. The van der Waals surface area contributed by atoms with Crippen LogP contribution >= 0.6 is 11.6 Å². The molecule has 30 heavy (non-hydrogen) atoms. The van der Waals surface area contributed by atoms with E-state index in [0.717, 1.165) is 11.6 Å². The molecule has 0 spiro atoms. The summed E-state index contributed by atoms with van der Waals surface area (Å²) in [6, 6.07) is 11.0. The van der Waals surface area contributed by atoms with Crippen LogP contribution in [0, 0.1) is 6.92 Å². The normalized spacial score (nSPS) is 13.6. The summed E-state index contributed by atoms with van der Waals surface area (Å²) in [5.41, 5.74) is 1.56. The van der Waals surface area contributed by atoms with Crippen molar-refractivity contribution in [3.8, 4) is 11.1 Å². The highest BCUT2D eigenvalue weighted by Gasteiger charge is 2.33. The van der Waals surface area contributed by atoms with Crippen molar-refractivity contribution in [2.75, 3.05) is 6.61 Å². The van der Waals surface area contributed by atoms with Gasteiger partial charge in [-0.3, -0.25) is 0 Å². The van der Waals surface area contributed by atoms with Crippen LogP contribution in [0.4, 0.5) is 13.2 Å². The van der Waals surface area contributed by atoms with Gasteiger partial charge >= 0.3 is 6.18 Å². The zero-order valence-corrected chi connectivity index (χ0v) is 17.9. The number of aliphatic hydroxyl groups is 1. The van der Waals surface area contributed by atoms with Gasteiger partial charge in [0.25, 0.3) is 0 Å². The Hall–Kier alpha value is -2.15. The van der Waals surface area contributed by atoms with Crippen LogP contribution in [0.5, 0.6) is 0 Å². The predicted molar refractivity (Wildman–Crippen MR) is 113 cm³/mol. The van der Waals surface area contributed by atoms with E-state index in [2.05, 4.69) is 4.98 Å². The van der Waals surface area contributed by atoms with Gasteiger partial charge in [-0.1, -0.05) is 29.8 Å². The number of nitrogens with zero attached hydrogens (tertiary/aromatic N) is 1. The Morgan fingerprint density at radius 2 is 1.70 bits per heavy atom. The van der Waals surface area contributed by atoms with Crippen LogP contribution in [0.15, 0.2) is 42.5 Å². The van der Waals surface area contributed by atoms with Crippen molar-refractivity contribution in [3.63, 3.8) is 0 Å². The molecule has 3 rings (SSSR count). The fraction of sp³-hybridized carbons (Fsp3) is 0.348. The Balaban J connectivity index is 2.35. The number of hydrogen-bond donors (Lipinski definition) is 1. The molecule has 3 aromatic rings. The van der Waals surface area contributed by atoms with E-state index in [1.807, 2.05) is 20.8 Å². The van der Waals surface area contributed by atoms with Gasteiger partial charge in [-0.05, 0) is 74.2 Å². The van der Waals surface area contributed by atoms with E-state index in [0.29, 0.717) is 27.1 Å². The van der Waals surface area contributed by atoms with Crippen LogP contribution in [0.3, 0.4) is 0 Å². The number of fused-ring (bicyclic) bond motifs is 1. The Morgan fingerprint density at radius 1 is 1.07 bits per heavy atom. The molecule has 1 aromatic heterocycles. The number of aryl methyl sites for hydroxylation is 1. The maximum absolute atomic E-state index is 13.2. The first kappa shape index (κ1) is 22.5. The molecule has 0 saturated heterocycles. The molecule has 1 heterocycles. The Morgan fingerprint density at radius 3 is 2.23 bits per heavy atom. The lowest BCUT2D eigenvalue weighted by molar-refractivity contribution is -0.140. The lowest BCUT2D eigenvalue weighted by Crippen LogP contribution is -2.25. The zero-order chi connectivity index (χ0) is 22.3. The molecule has 0 aliphatic heterocycles. The van der Waals surface area contributed by atoms with Gasteiger partial charge in [0.05, 0.1) is 17.7 Å². The first-order valence-electron chi connectivity index (χ1n) is 9.47. The van der Waals surface area contributed by atoms with Crippen molar-refractivity contribution >= 4 is 22.5 Å². The average molecular weight is 438 g/mol. The minimum atomic E-state index is -4.54. The first-order valence-corrected chi connectivity index (χ1v) is 9.84. The SMILES string of the molecule is Cc1cc2nc(C(F)(F)F)ccc2c(-c2ccc(Cl)cc2)c1C(CO)OC(C)(C)C. The van der Waals surface area contributed by atoms with E-state index in [9.17, 15) is 18.3 Å². The zero-order valence-electron chi connectivity index (χ0n) is 17.1. The molecule has 0 radical (unpaired) electrons. The maximum atomic E-state index is 13.2. The number of pyridine rings is 1. The molecule has 2 aromatic carbocycles. The summed E-state index contributed by atoms with van der Waals surface area (Å²) in [7, 11) is 0. The van der Waals surface area contributed by atoms with Gasteiger partial charge < -0.3 is 9.84 Å². The number of aromatic nitrogens is 1. The van der Waals surface area contributed by atoms with E-state index < -0.39 is 23.6 Å². The number of ether oxygens (including phenoxy) is 1. The van der Waals surface area contributed by atoms with Gasteiger partial charge in [-0.15, -0.1) is 0 Å². The number of rotatable bonds is 4. The van der Waals surface area contributed by atoms with Gasteiger partial charge in [0.1, 0.15) is 11.8 Å². The molecule has 1 N–H and O–H groups in total. The van der Waals surface area contributed by atoms with Crippen LogP contribution in [0.2, 0.25) is 5.02 Å². The molecule has 7 heteroatoms. The van der Waals surface area contributed by atoms with E-state index in [1.165, 1.54) is 6.07 Å². The molecule has 0 aliphatic rings. The minimum Gasteiger partial charge on any atom is -0.393 e. The van der Waals surface area contributed by atoms with E-state index in [-0.39, 0.29) is 12.1 Å². The quantitative estimate of drug-likeness (QED) is 0.492. The van der Waals surface area contributed by atoms with Gasteiger partial charge in [0.2, 0.25) is 0 Å². The monoisotopic (exact) mass is 437 g/mol. The van der Waals surface area contributed by atoms with Gasteiger partial charge in [-0.2, -0.15) is 13.2 Å². The lowest BCUT2D eigenvalue weighted by atomic mass is 9.88. The van der Waals surface area contributed by atoms with Crippen LogP contribution in [-0.4, -0.2) is 22.3 Å². The highest BCUT2D eigenvalue weighted by atomic mass is 35.5. The number of aliphatic hydroxyl groups excluding tert-OH is 1. The minimum absolute atomic E-state index is 0.225. The van der Waals surface area contributed by atoms with Gasteiger partial charge in [-0.25, -0.2) is 4.98 Å². The predicted octanol–water partition coefficient (Wildman–Crippen LogP) is 6.73. The topological polar surface area (TPSA) is 42.4 Å². The summed E-state index contributed by atoms with van der Waals surface area (Å²) < 4.78 is 45.7. The second-order valence-electron chi connectivity index (χ2n) is 8.15. The second kappa shape index (κ2) is 8.17. The van der Waals surface area contributed by atoms with E-state index >= 15 is 0 Å². The lowest BCUT2D eigenvalue weighted by Gasteiger charge is -2.30. The molecule has 0 bridgehead atoms. The number of benzene rings is 2. The second-order valence-corrected chi connectivity index (χ2v) is 8.59. The highest BCUT2D eigenvalue weighted by molar-refractivity contribution is 6.30. The molecule has 1 atom stereocenters. The molecular weight excluding hydrogens is 415 g/mol. The molecule has 3 nitrogen and oxygen atoms in total. The Labute approximate surface area is 178 Å². The maximum Gasteiger partial charge on any atom is 0.433 e. The smallest absolute Gasteiger partial charge is 0.393 e. The van der Waals surface area contributed by atoms with Crippen molar-refractivity contribution in [2.24, 2.45) is 0 Å².